The Balaban J connectivity index is 1.73. The zero-order valence-corrected chi connectivity index (χ0v) is 15.1. The molecule has 0 atom stereocenters. The van der Waals surface area contributed by atoms with Gasteiger partial charge in [0.15, 0.2) is 0 Å². The van der Waals surface area contributed by atoms with Gasteiger partial charge in [-0.1, -0.05) is 66.7 Å². The predicted octanol–water partition coefficient (Wildman–Crippen LogP) is 6.76. The van der Waals surface area contributed by atoms with E-state index in [4.69, 9.17) is 4.98 Å². The van der Waals surface area contributed by atoms with Crippen LogP contribution in [0.3, 0.4) is 0 Å². The highest BCUT2D eigenvalue weighted by atomic mass is 14.7. The minimum absolute atomic E-state index is 1.02. The van der Waals surface area contributed by atoms with Crippen molar-refractivity contribution in [1.29, 1.82) is 0 Å². The number of fused-ring (bicyclic) bond motifs is 6. The van der Waals surface area contributed by atoms with Crippen LogP contribution in [0.4, 0.5) is 0 Å². The summed E-state index contributed by atoms with van der Waals surface area (Å²) >= 11 is 0. The van der Waals surface area contributed by atoms with Crippen molar-refractivity contribution in [2.45, 2.75) is 0 Å². The van der Waals surface area contributed by atoms with E-state index in [1.54, 1.807) is 0 Å². The third-order valence-electron chi connectivity index (χ3n) is 5.52. The predicted molar refractivity (Wildman–Crippen MR) is 117 cm³/mol. The summed E-state index contributed by atoms with van der Waals surface area (Å²) < 4.78 is 0. The molecule has 6 rings (SSSR count). The standard InChI is InChI=1S/C26H16N2/c1-2-7-21-18(6-1)15-28-25-11-5-9-20(26(21)25)17-12-13-19-16-27-24-10-4-3-8-22(24)23(19)14-17/h1-16H. The molecule has 0 N–H and O–H groups in total. The number of benzene rings is 4. The number of hydrogen-bond donors (Lipinski definition) is 0. The van der Waals surface area contributed by atoms with Crippen LogP contribution >= 0.6 is 0 Å². The summed E-state index contributed by atoms with van der Waals surface area (Å²) in [5, 5.41) is 7.18. The van der Waals surface area contributed by atoms with E-state index < -0.39 is 0 Å². The van der Waals surface area contributed by atoms with Crippen LogP contribution in [-0.4, -0.2) is 9.97 Å². The first-order valence-corrected chi connectivity index (χ1v) is 9.43. The second-order valence-electron chi connectivity index (χ2n) is 7.12. The lowest BCUT2D eigenvalue weighted by Crippen LogP contribution is -1.88. The molecule has 0 aliphatic heterocycles. The van der Waals surface area contributed by atoms with Gasteiger partial charge in [0.2, 0.25) is 0 Å². The van der Waals surface area contributed by atoms with Gasteiger partial charge in [-0.25, -0.2) is 0 Å². The van der Waals surface area contributed by atoms with Gasteiger partial charge in [0.05, 0.1) is 11.0 Å². The molecule has 0 aliphatic rings. The number of pyridine rings is 2. The third kappa shape index (κ3) is 2.21. The van der Waals surface area contributed by atoms with E-state index in [-0.39, 0.29) is 0 Å². The molecule has 0 spiro atoms. The topological polar surface area (TPSA) is 25.8 Å². The van der Waals surface area contributed by atoms with E-state index in [2.05, 4.69) is 83.8 Å². The van der Waals surface area contributed by atoms with Gasteiger partial charge in [-0.05, 0) is 40.1 Å². The molecular weight excluding hydrogens is 340 g/mol. The Morgan fingerprint density at radius 2 is 1.21 bits per heavy atom. The molecule has 0 amide bonds. The normalized spacial score (nSPS) is 11.6. The molecule has 0 unspecified atom stereocenters. The lowest BCUT2D eigenvalue weighted by atomic mass is 9.94. The molecule has 0 fully saturated rings. The fourth-order valence-corrected chi connectivity index (χ4v) is 4.17. The van der Waals surface area contributed by atoms with Crippen molar-refractivity contribution >= 4 is 43.4 Å². The van der Waals surface area contributed by atoms with Crippen LogP contribution in [0.5, 0.6) is 0 Å². The minimum Gasteiger partial charge on any atom is -0.256 e. The Bertz CT molecular complexity index is 1520. The van der Waals surface area contributed by atoms with Gasteiger partial charge >= 0.3 is 0 Å². The summed E-state index contributed by atoms with van der Waals surface area (Å²) in [5.74, 6) is 0. The summed E-state index contributed by atoms with van der Waals surface area (Å²) in [6.07, 6.45) is 3.92. The van der Waals surface area contributed by atoms with Crippen LogP contribution in [0.25, 0.3) is 54.5 Å². The number of hydrogen-bond acceptors (Lipinski definition) is 2. The zero-order chi connectivity index (χ0) is 18.5. The second kappa shape index (κ2) is 5.86. The van der Waals surface area contributed by atoms with Crippen LogP contribution in [0.2, 0.25) is 0 Å². The molecule has 2 heteroatoms. The van der Waals surface area contributed by atoms with Crippen molar-refractivity contribution in [2.24, 2.45) is 0 Å². The van der Waals surface area contributed by atoms with Crippen molar-refractivity contribution in [1.82, 2.24) is 9.97 Å². The van der Waals surface area contributed by atoms with Crippen molar-refractivity contribution in [2.75, 3.05) is 0 Å². The maximum absolute atomic E-state index is 4.70. The lowest BCUT2D eigenvalue weighted by molar-refractivity contribution is 1.44. The van der Waals surface area contributed by atoms with E-state index >= 15 is 0 Å². The minimum atomic E-state index is 1.02. The van der Waals surface area contributed by atoms with Crippen LogP contribution in [0.1, 0.15) is 0 Å². The molecule has 28 heavy (non-hydrogen) atoms. The molecule has 4 aromatic carbocycles. The molecule has 6 aromatic rings. The van der Waals surface area contributed by atoms with Crippen LogP contribution in [0, 0.1) is 0 Å². The largest absolute Gasteiger partial charge is 0.256 e. The van der Waals surface area contributed by atoms with Crippen LogP contribution < -0.4 is 0 Å². The average molecular weight is 356 g/mol. The Hall–Kier alpha value is -3.78. The van der Waals surface area contributed by atoms with Gasteiger partial charge in [0.25, 0.3) is 0 Å². The maximum Gasteiger partial charge on any atom is 0.0714 e. The maximum atomic E-state index is 4.70. The Morgan fingerprint density at radius 1 is 0.500 bits per heavy atom. The van der Waals surface area contributed by atoms with Crippen molar-refractivity contribution in [3.8, 4) is 11.1 Å². The van der Waals surface area contributed by atoms with Crippen molar-refractivity contribution in [3.05, 3.63) is 97.3 Å². The number of aromatic nitrogens is 2. The molecule has 0 bridgehead atoms. The smallest absolute Gasteiger partial charge is 0.0714 e. The summed E-state index contributed by atoms with van der Waals surface area (Å²) in [7, 11) is 0. The summed E-state index contributed by atoms with van der Waals surface area (Å²) in [4.78, 5) is 9.29. The van der Waals surface area contributed by atoms with Gasteiger partial charge in [0.1, 0.15) is 0 Å². The van der Waals surface area contributed by atoms with E-state index in [9.17, 15) is 0 Å². The van der Waals surface area contributed by atoms with Gasteiger partial charge in [-0.2, -0.15) is 0 Å². The Labute approximate surface area is 162 Å². The quantitative estimate of drug-likeness (QED) is 0.304. The first-order valence-electron chi connectivity index (χ1n) is 9.43. The lowest BCUT2D eigenvalue weighted by Gasteiger charge is -2.11. The molecular formula is C26H16N2. The SMILES string of the molecule is c1ccc2c(c1)cnc1cccc(-c3ccc4cnc5ccccc5c4c3)c12. The monoisotopic (exact) mass is 356 g/mol. The van der Waals surface area contributed by atoms with Crippen LogP contribution in [0.15, 0.2) is 97.3 Å². The fourth-order valence-electron chi connectivity index (χ4n) is 4.17. The van der Waals surface area contributed by atoms with Gasteiger partial charge in [0, 0.05) is 33.9 Å². The first-order chi connectivity index (χ1) is 13.9. The number of para-hydroxylation sites is 1. The van der Waals surface area contributed by atoms with Crippen molar-refractivity contribution < 1.29 is 0 Å². The summed E-state index contributed by atoms with van der Waals surface area (Å²) in [5.41, 5.74) is 4.46. The number of nitrogens with zero attached hydrogens (tertiary/aromatic N) is 2. The fraction of sp³-hybridized carbons (Fsp3) is 0. The molecule has 0 saturated heterocycles. The third-order valence-corrected chi connectivity index (χ3v) is 5.52. The Morgan fingerprint density at radius 3 is 2.14 bits per heavy atom. The molecule has 130 valence electrons. The van der Waals surface area contributed by atoms with E-state index in [0.29, 0.717) is 0 Å². The molecule has 2 heterocycles. The van der Waals surface area contributed by atoms with Crippen molar-refractivity contribution in [3.63, 3.8) is 0 Å². The second-order valence-corrected chi connectivity index (χ2v) is 7.12. The van der Waals surface area contributed by atoms with E-state index in [1.165, 1.54) is 32.7 Å². The Kier molecular flexibility index (Phi) is 3.20. The highest BCUT2D eigenvalue weighted by molar-refractivity contribution is 6.14. The highest BCUT2D eigenvalue weighted by Gasteiger charge is 2.10. The van der Waals surface area contributed by atoms with Gasteiger partial charge in [-0.15, -0.1) is 0 Å². The molecule has 2 aromatic heterocycles. The first kappa shape index (κ1) is 15.3. The van der Waals surface area contributed by atoms with Gasteiger partial charge < -0.3 is 0 Å². The van der Waals surface area contributed by atoms with Gasteiger partial charge in [-0.3, -0.25) is 9.97 Å². The molecule has 0 radical (unpaired) electrons. The molecule has 0 aliphatic carbocycles. The number of rotatable bonds is 1. The zero-order valence-electron chi connectivity index (χ0n) is 15.1. The average Bonchev–Trinajstić information content (AvgIpc) is 2.78. The highest BCUT2D eigenvalue weighted by Crippen LogP contribution is 2.35. The van der Waals surface area contributed by atoms with E-state index in [1.807, 2.05) is 18.5 Å². The molecule has 2 nitrogen and oxygen atoms in total. The summed E-state index contributed by atoms with van der Waals surface area (Å²) in [6.45, 7) is 0. The summed E-state index contributed by atoms with van der Waals surface area (Å²) in [6, 6.07) is 29.8. The molecule has 0 saturated carbocycles. The van der Waals surface area contributed by atoms with E-state index in [0.717, 1.165) is 21.8 Å². The van der Waals surface area contributed by atoms with Crippen LogP contribution in [-0.2, 0) is 0 Å².